The van der Waals surface area contributed by atoms with Crippen molar-refractivity contribution in [2.24, 2.45) is 5.92 Å². The lowest BCUT2D eigenvalue weighted by Crippen LogP contribution is -2.29. The normalized spacial score (nSPS) is 20.5. The highest BCUT2D eigenvalue weighted by molar-refractivity contribution is 6.04. The van der Waals surface area contributed by atoms with Crippen molar-refractivity contribution in [2.45, 2.75) is 25.3 Å². The van der Waals surface area contributed by atoms with Gasteiger partial charge < -0.3 is 10.6 Å². The van der Waals surface area contributed by atoms with Crippen molar-refractivity contribution < 1.29 is 14.1 Å². The number of carbonyl (C=O) groups excluding carboxylic acids is 1. The van der Waals surface area contributed by atoms with Crippen LogP contribution in [0.15, 0.2) is 72.8 Å². The molecule has 2 aliphatic rings. The van der Waals surface area contributed by atoms with Crippen molar-refractivity contribution in [1.29, 1.82) is 0 Å². The third-order valence-electron chi connectivity index (χ3n) is 6.51. The van der Waals surface area contributed by atoms with Crippen molar-refractivity contribution in [3.8, 4) is 0 Å². The lowest BCUT2D eigenvalue weighted by molar-refractivity contribution is -0.385. The SMILES string of the molecule is Cc1cc(NC(=O)c2ccc3c(c2)[C@@H]2C=CC[C@@H]2[C@H](c2ccc(F)cc2)N3)ccc1[N+](=O)[O-]. The molecule has 1 aliphatic carbocycles. The van der Waals surface area contributed by atoms with E-state index < -0.39 is 4.92 Å². The number of fused-ring (bicyclic) bond motifs is 3. The molecule has 0 fully saturated rings. The molecule has 0 radical (unpaired) electrons. The number of carbonyl (C=O) groups is 1. The Hall–Kier alpha value is -4.00. The van der Waals surface area contributed by atoms with Crippen molar-refractivity contribution in [3.63, 3.8) is 0 Å². The summed E-state index contributed by atoms with van der Waals surface area (Å²) in [4.78, 5) is 23.5. The number of amides is 1. The third-order valence-corrected chi connectivity index (χ3v) is 6.51. The summed E-state index contributed by atoms with van der Waals surface area (Å²) in [5.41, 5.74) is 4.58. The number of hydrogen-bond acceptors (Lipinski definition) is 4. The Labute approximate surface area is 190 Å². The van der Waals surface area contributed by atoms with Gasteiger partial charge >= 0.3 is 0 Å². The molecule has 0 bridgehead atoms. The average Bonchev–Trinajstić information content (AvgIpc) is 3.29. The van der Waals surface area contributed by atoms with Gasteiger partial charge in [0.2, 0.25) is 0 Å². The maximum atomic E-state index is 13.4. The maximum Gasteiger partial charge on any atom is 0.272 e. The molecular weight excluding hydrogens is 421 g/mol. The molecule has 0 spiro atoms. The van der Waals surface area contributed by atoms with E-state index in [4.69, 9.17) is 0 Å². The van der Waals surface area contributed by atoms with Crippen LogP contribution in [0.5, 0.6) is 0 Å². The minimum absolute atomic E-state index is 0.0163. The fourth-order valence-corrected chi connectivity index (χ4v) is 4.88. The number of benzene rings is 3. The Bertz CT molecular complexity index is 1290. The first-order valence-corrected chi connectivity index (χ1v) is 10.8. The topological polar surface area (TPSA) is 84.3 Å². The zero-order valence-electron chi connectivity index (χ0n) is 17.9. The van der Waals surface area contributed by atoms with E-state index in [-0.39, 0.29) is 35.3 Å². The fourth-order valence-electron chi connectivity index (χ4n) is 4.88. The van der Waals surface area contributed by atoms with E-state index >= 15 is 0 Å². The van der Waals surface area contributed by atoms with Crippen LogP contribution < -0.4 is 10.6 Å². The van der Waals surface area contributed by atoms with Crippen LogP contribution >= 0.6 is 0 Å². The molecule has 7 heteroatoms. The minimum atomic E-state index is -0.442. The van der Waals surface area contributed by atoms with Crippen molar-refractivity contribution in [2.75, 3.05) is 10.6 Å². The highest BCUT2D eigenvalue weighted by Gasteiger charge is 2.38. The first kappa shape index (κ1) is 20.9. The summed E-state index contributed by atoms with van der Waals surface area (Å²) < 4.78 is 13.4. The first-order valence-electron chi connectivity index (χ1n) is 10.8. The van der Waals surface area contributed by atoms with Gasteiger partial charge in [-0.15, -0.1) is 0 Å². The second-order valence-corrected chi connectivity index (χ2v) is 8.54. The molecule has 3 aromatic rings. The zero-order valence-corrected chi connectivity index (χ0v) is 17.9. The molecule has 3 atom stereocenters. The van der Waals surface area contributed by atoms with Crippen LogP contribution in [0.1, 0.15) is 45.4 Å². The van der Waals surface area contributed by atoms with Crippen LogP contribution in [0, 0.1) is 28.8 Å². The van der Waals surface area contributed by atoms with Crippen LogP contribution in [0.25, 0.3) is 0 Å². The van der Waals surface area contributed by atoms with E-state index in [9.17, 15) is 19.3 Å². The maximum absolute atomic E-state index is 13.4. The monoisotopic (exact) mass is 443 g/mol. The summed E-state index contributed by atoms with van der Waals surface area (Å²) in [7, 11) is 0. The van der Waals surface area contributed by atoms with E-state index in [1.54, 1.807) is 19.1 Å². The third kappa shape index (κ3) is 3.86. The number of allylic oxidation sites excluding steroid dienone is 2. The Morgan fingerprint density at radius 2 is 1.91 bits per heavy atom. The molecule has 1 amide bonds. The summed E-state index contributed by atoms with van der Waals surface area (Å²) in [5.74, 6) is -0.0931. The van der Waals surface area contributed by atoms with Gasteiger partial charge in [0.1, 0.15) is 5.82 Å². The molecule has 0 unspecified atom stereocenters. The van der Waals surface area contributed by atoms with Gasteiger partial charge in [-0.1, -0.05) is 24.3 Å². The quantitative estimate of drug-likeness (QED) is 0.289. The molecule has 0 saturated heterocycles. The molecule has 33 heavy (non-hydrogen) atoms. The van der Waals surface area contributed by atoms with Gasteiger partial charge in [-0.05, 0) is 72.9 Å². The van der Waals surface area contributed by atoms with Gasteiger partial charge in [0.15, 0.2) is 0 Å². The van der Waals surface area contributed by atoms with Gasteiger partial charge in [-0.25, -0.2) is 4.39 Å². The van der Waals surface area contributed by atoms with Gasteiger partial charge in [-0.2, -0.15) is 0 Å². The van der Waals surface area contributed by atoms with E-state index in [1.807, 2.05) is 24.3 Å². The number of nitrogens with one attached hydrogen (secondary N) is 2. The van der Waals surface area contributed by atoms with E-state index in [0.717, 1.165) is 23.2 Å². The van der Waals surface area contributed by atoms with E-state index in [2.05, 4.69) is 22.8 Å². The second-order valence-electron chi connectivity index (χ2n) is 8.54. The van der Waals surface area contributed by atoms with Crippen molar-refractivity contribution >= 4 is 23.0 Å². The largest absolute Gasteiger partial charge is 0.378 e. The fraction of sp³-hybridized carbons (Fsp3) is 0.192. The van der Waals surface area contributed by atoms with E-state index in [1.165, 1.54) is 24.3 Å². The lowest BCUT2D eigenvalue weighted by Gasteiger charge is -2.37. The first-order chi connectivity index (χ1) is 15.9. The number of anilines is 2. The van der Waals surface area contributed by atoms with Gasteiger partial charge in [-0.3, -0.25) is 14.9 Å². The molecule has 3 aromatic carbocycles. The molecular formula is C26H22FN3O3. The smallest absolute Gasteiger partial charge is 0.272 e. The molecule has 2 N–H and O–H groups in total. The van der Waals surface area contributed by atoms with E-state index in [0.29, 0.717) is 16.8 Å². The van der Waals surface area contributed by atoms with Crippen LogP contribution in [-0.2, 0) is 0 Å². The number of nitrogens with zero attached hydrogens (tertiary/aromatic N) is 1. The van der Waals surface area contributed by atoms with Crippen LogP contribution in [-0.4, -0.2) is 10.8 Å². The number of aryl methyl sites for hydroxylation is 1. The summed E-state index contributed by atoms with van der Waals surface area (Å²) in [6.07, 6.45) is 5.24. The van der Waals surface area contributed by atoms with Crippen LogP contribution in [0.4, 0.5) is 21.5 Å². The van der Waals surface area contributed by atoms with Gasteiger partial charge in [0.25, 0.3) is 11.6 Å². The predicted molar refractivity (Wildman–Crippen MR) is 125 cm³/mol. The highest BCUT2D eigenvalue weighted by Crippen LogP contribution is 2.50. The number of nitro benzene ring substituents is 1. The molecule has 166 valence electrons. The predicted octanol–water partition coefficient (Wildman–Crippen LogP) is 6.12. The molecule has 0 aromatic heterocycles. The van der Waals surface area contributed by atoms with Crippen LogP contribution in [0.2, 0.25) is 0 Å². The van der Waals surface area contributed by atoms with Crippen LogP contribution in [0.3, 0.4) is 0 Å². The Morgan fingerprint density at radius 1 is 1.12 bits per heavy atom. The molecule has 1 aliphatic heterocycles. The highest BCUT2D eigenvalue weighted by atomic mass is 19.1. The van der Waals surface area contributed by atoms with Gasteiger partial charge in [0, 0.05) is 34.5 Å². The van der Waals surface area contributed by atoms with Gasteiger partial charge in [0.05, 0.1) is 11.0 Å². The van der Waals surface area contributed by atoms with Crippen molar-refractivity contribution in [1.82, 2.24) is 0 Å². The standard InChI is InChI=1S/C26H22FN3O3/c1-15-13-19(10-12-24(15)30(32)33)28-26(31)17-7-11-23-22(14-17)20-3-2-4-21(20)25(29-23)16-5-8-18(27)9-6-16/h2-3,5-14,20-21,25,29H,4H2,1H3,(H,28,31)/t20-,21+,25+/m1/s1. The lowest BCUT2D eigenvalue weighted by atomic mass is 9.76. The minimum Gasteiger partial charge on any atom is -0.378 e. The number of hydrogen-bond donors (Lipinski definition) is 2. The summed E-state index contributed by atoms with van der Waals surface area (Å²) in [6, 6.07) is 16.8. The van der Waals surface area contributed by atoms with Crippen molar-refractivity contribution in [3.05, 3.63) is 111 Å². The average molecular weight is 443 g/mol. The summed E-state index contributed by atoms with van der Waals surface area (Å²) >= 11 is 0. The summed E-state index contributed by atoms with van der Waals surface area (Å²) in [6.45, 7) is 1.64. The molecule has 0 saturated carbocycles. The number of halogens is 1. The summed E-state index contributed by atoms with van der Waals surface area (Å²) in [5, 5.41) is 17.4. The molecule has 1 heterocycles. The molecule has 6 nitrogen and oxygen atoms in total. The number of rotatable bonds is 4. The number of nitro groups is 1. The zero-order chi connectivity index (χ0) is 23.1. The Morgan fingerprint density at radius 3 is 2.64 bits per heavy atom. The molecule has 5 rings (SSSR count). The Balaban J connectivity index is 1.41. The Kier molecular flexibility index (Phi) is 5.17. The second kappa shape index (κ2) is 8.16.